The molecular formula is C12H16N4O3S. The molecule has 2 aromatic heterocycles. The summed E-state index contributed by atoms with van der Waals surface area (Å²) in [5.74, 6) is -0.0143. The summed E-state index contributed by atoms with van der Waals surface area (Å²) in [5, 5.41) is 7.96. The predicted octanol–water partition coefficient (Wildman–Crippen LogP) is 1.47. The van der Waals surface area contributed by atoms with Crippen molar-refractivity contribution >= 4 is 28.0 Å². The number of carbonyl (C=O) groups is 1. The number of nitrogens with two attached hydrogens (primary N) is 1. The number of nitrogen functional groups attached to an aromatic ring is 1. The van der Waals surface area contributed by atoms with E-state index in [1.54, 1.807) is 10.9 Å². The molecule has 0 aliphatic carbocycles. The van der Waals surface area contributed by atoms with Crippen LogP contribution in [0.4, 0.5) is 10.7 Å². The summed E-state index contributed by atoms with van der Waals surface area (Å²) in [5.41, 5.74) is 7.20. The lowest BCUT2D eigenvalue weighted by molar-refractivity contribution is 0.0607. The number of ether oxygens (including phenoxy) is 2. The fraction of sp³-hybridized carbons (Fsp3) is 0.333. The van der Waals surface area contributed by atoms with Gasteiger partial charge in [-0.1, -0.05) is 0 Å². The van der Waals surface area contributed by atoms with Crippen molar-refractivity contribution in [3.8, 4) is 5.75 Å². The number of carbonyl (C=O) groups excluding carboxylic acids is 1. The van der Waals surface area contributed by atoms with Crippen molar-refractivity contribution in [1.29, 1.82) is 0 Å². The first-order valence-corrected chi connectivity index (χ1v) is 6.64. The van der Waals surface area contributed by atoms with Gasteiger partial charge in [-0.2, -0.15) is 5.10 Å². The first-order chi connectivity index (χ1) is 9.56. The van der Waals surface area contributed by atoms with Gasteiger partial charge in [0.15, 0.2) is 5.75 Å². The minimum atomic E-state index is -0.472. The van der Waals surface area contributed by atoms with Crippen molar-refractivity contribution in [2.45, 2.75) is 6.54 Å². The van der Waals surface area contributed by atoms with Crippen molar-refractivity contribution in [3.63, 3.8) is 0 Å². The topological polar surface area (TPSA) is 91.4 Å². The molecule has 0 radical (unpaired) electrons. The van der Waals surface area contributed by atoms with Crippen LogP contribution in [0.5, 0.6) is 5.75 Å². The van der Waals surface area contributed by atoms with Crippen LogP contribution in [0.25, 0.3) is 0 Å². The highest BCUT2D eigenvalue weighted by molar-refractivity contribution is 7.19. The van der Waals surface area contributed by atoms with E-state index < -0.39 is 5.97 Å². The molecule has 3 N–H and O–H groups in total. The monoisotopic (exact) mass is 296 g/mol. The highest BCUT2D eigenvalue weighted by Gasteiger charge is 2.22. The van der Waals surface area contributed by atoms with Crippen molar-refractivity contribution in [1.82, 2.24) is 9.78 Å². The first kappa shape index (κ1) is 14.2. The maximum Gasteiger partial charge on any atom is 0.350 e. The molecule has 0 aliphatic heterocycles. The maximum atomic E-state index is 11.6. The van der Waals surface area contributed by atoms with Gasteiger partial charge in [0.1, 0.15) is 15.6 Å². The van der Waals surface area contributed by atoms with Crippen LogP contribution >= 0.6 is 11.3 Å². The van der Waals surface area contributed by atoms with Crippen molar-refractivity contribution in [2.24, 2.45) is 7.05 Å². The number of aromatic nitrogens is 2. The summed E-state index contributed by atoms with van der Waals surface area (Å²) in [4.78, 5) is 11.9. The Balaban J connectivity index is 2.20. The quantitative estimate of drug-likeness (QED) is 0.812. The largest absolute Gasteiger partial charge is 0.492 e. The van der Waals surface area contributed by atoms with E-state index in [-0.39, 0.29) is 5.69 Å². The summed E-state index contributed by atoms with van der Waals surface area (Å²) in [7, 11) is 4.67. The molecule has 0 spiro atoms. The molecule has 0 unspecified atom stereocenters. The van der Waals surface area contributed by atoms with E-state index in [4.69, 9.17) is 15.2 Å². The summed E-state index contributed by atoms with van der Waals surface area (Å²) < 4.78 is 11.6. The van der Waals surface area contributed by atoms with E-state index in [2.05, 4.69) is 10.4 Å². The second-order valence-electron chi connectivity index (χ2n) is 4.07. The fourth-order valence-electron chi connectivity index (χ4n) is 1.74. The Morgan fingerprint density at radius 1 is 1.55 bits per heavy atom. The molecule has 0 amide bonds. The van der Waals surface area contributed by atoms with Gasteiger partial charge in [-0.3, -0.25) is 4.68 Å². The SMILES string of the molecule is COC(=O)c1sc(NCc2cnn(C)c2)c(OC)c1N. The number of hydrogen-bond donors (Lipinski definition) is 2. The molecule has 108 valence electrons. The molecule has 7 nitrogen and oxygen atoms in total. The Morgan fingerprint density at radius 2 is 2.30 bits per heavy atom. The second kappa shape index (κ2) is 5.83. The van der Waals surface area contributed by atoms with Gasteiger partial charge in [-0.15, -0.1) is 11.3 Å². The summed E-state index contributed by atoms with van der Waals surface area (Å²) in [6.07, 6.45) is 3.66. The lowest BCUT2D eigenvalue weighted by atomic mass is 10.3. The van der Waals surface area contributed by atoms with E-state index in [1.165, 1.54) is 25.6 Å². The zero-order valence-corrected chi connectivity index (χ0v) is 12.3. The predicted molar refractivity (Wildman–Crippen MR) is 77.2 cm³/mol. The van der Waals surface area contributed by atoms with Crippen LogP contribution in [0.15, 0.2) is 12.4 Å². The fourth-order valence-corrected chi connectivity index (χ4v) is 2.74. The van der Waals surface area contributed by atoms with Gasteiger partial charge in [0.2, 0.25) is 0 Å². The molecule has 8 heteroatoms. The minimum absolute atomic E-state index is 0.290. The zero-order valence-electron chi connectivity index (χ0n) is 11.5. The third-order valence-electron chi connectivity index (χ3n) is 2.69. The number of aryl methyl sites for hydroxylation is 1. The molecule has 0 fully saturated rings. The third kappa shape index (κ3) is 2.69. The van der Waals surface area contributed by atoms with Gasteiger partial charge >= 0.3 is 5.97 Å². The average molecular weight is 296 g/mol. The van der Waals surface area contributed by atoms with Crippen molar-refractivity contribution in [2.75, 3.05) is 25.3 Å². The number of esters is 1. The van der Waals surface area contributed by atoms with Crippen LogP contribution in [0.3, 0.4) is 0 Å². The van der Waals surface area contributed by atoms with Gasteiger partial charge in [-0.25, -0.2) is 4.79 Å². The zero-order chi connectivity index (χ0) is 14.7. The summed E-state index contributed by atoms with van der Waals surface area (Å²) in [6, 6.07) is 0. The Labute approximate surface area is 120 Å². The highest BCUT2D eigenvalue weighted by atomic mass is 32.1. The van der Waals surface area contributed by atoms with E-state index in [0.717, 1.165) is 5.56 Å². The Kier molecular flexibility index (Phi) is 4.14. The van der Waals surface area contributed by atoms with Gasteiger partial charge in [0, 0.05) is 25.4 Å². The Hall–Kier alpha value is -2.22. The lowest BCUT2D eigenvalue weighted by Gasteiger charge is -2.05. The van der Waals surface area contributed by atoms with Gasteiger partial charge < -0.3 is 20.5 Å². The van der Waals surface area contributed by atoms with Crippen LogP contribution in [0.2, 0.25) is 0 Å². The maximum absolute atomic E-state index is 11.6. The van der Waals surface area contributed by atoms with E-state index in [0.29, 0.717) is 22.2 Å². The number of hydrogen-bond acceptors (Lipinski definition) is 7. The van der Waals surface area contributed by atoms with E-state index in [1.807, 2.05) is 13.2 Å². The molecule has 2 aromatic rings. The molecule has 0 aromatic carbocycles. The van der Waals surface area contributed by atoms with Gasteiger partial charge in [-0.05, 0) is 0 Å². The third-order valence-corrected chi connectivity index (χ3v) is 3.81. The summed E-state index contributed by atoms with van der Waals surface area (Å²) in [6.45, 7) is 0.560. The number of rotatable bonds is 5. The molecule has 0 bridgehead atoms. The number of methoxy groups -OCH3 is 2. The Bertz CT molecular complexity index is 620. The van der Waals surface area contributed by atoms with Crippen LogP contribution in [-0.4, -0.2) is 30.0 Å². The first-order valence-electron chi connectivity index (χ1n) is 5.82. The lowest BCUT2D eigenvalue weighted by Crippen LogP contribution is -2.02. The molecule has 0 saturated carbocycles. The van der Waals surface area contributed by atoms with Crippen LogP contribution in [0.1, 0.15) is 15.2 Å². The number of thiophene rings is 1. The van der Waals surface area contributed by atoms with E-state index >= 15 is 0 Å². The number of anilines is 2. The van der Waals surface area contributed by atoms with Crippen LogP contribution in [-0.2, 0) is 18.3 Å². The Morgan fingerprint density at radius 3 is 2.85 bits per heavy atom. The van der Waals surface area contributed by atoms with Crippen molar-refractivity contribution in [3.05, 3.63) is 22.8 Å². The summed E-state index contributed by atoms with van der Waals surface area (Å²) >= 11 is 1.21. The smallest absolute Gasteiger partial charge is 0.350 e. The second-order valence-corrected chi connectivity index (χ2v) is 5.10. The van der Waals surface area contributed by atoms with Crippen molar-refractivity contribution < 1.29 is 14.3 Å². The molecule has 2 heterocycles. The highest BCUT2D eigenvalue weighted by Crippen LogP contribution is 2.42. The average Bonchev–Trinajstić information content (AvgIpc) is 2.99. The van der Waals surface area contributed by atoms with Crippen LogP contribution in [0, 0.1) is 0 Å². The van der Waals surface area contributed by atoms with E-state index in [9.17, 15) is 4.79 Å². The minimum Gasteiger partial charge on any atom is -0.492 e. The molecular weight excluding hydrogens is 280 g/mol. The standard InChI is InChI=1S/C12H16N4O3S/c1-16-6-7(5-15-16)4-14-11-9(18-2)8(13)10(20-11)12(17)19-3/h5-6,14H,4,13H2,1-3H3. The molecule has 0 atom stereocenters. The molecule has 20 heavy (non-hydrogen) atoms. The van der Waals surface area contributed by atoms with Crippen LogP contribution < -0.4 is 15.8 Å². The number of nitrogens with one attached hydrogen (secondary N) is 1. The van der Waals surface area contributed by atoms with Gasteiger partial charge in [0.25, 0.3) is 0 Å². The molecule has 2 rings (SSSR count). The normalized spacial score (nSPS) is 10.3. The molecule has 0 aliphatic rings. The molecule has 0 saturated heterocycles. The number of nitrogens with zero attached hydrogens (tertiary/aromatic N) is 2. The van der Waals surface area contributed by atoms with Gasteiger partial charge in [0.05, 0.1) is 20.4 Å².